The molecule has 0 bridgehead atoms. The summed E-state index contributed by atoms with van der Waals surface area (Å²) in [6.07, 6.45) is -5.41. The number of esters is 1. The number of hydrogen-bond donors (Lipinski definition) is 0. The lowest BCUT2D eigenvalue weighted by atomic mass is 10.1. The first-order valence-electron chi connectivity index (χ1n) is 5.49. The average Bonchev–Trinajstić information content (AvgIpc) is 2.32. The highest BCUT2D eigenvalue weighted by Gasteiger charge is 2.51. The highest BCUT2D eigenvalue weighted by atomic mass is 19.4. The van der Waals surface area contributed by atoms with Crippen molar-refractivity contribution in [1.29, 1.82) is 0 Å². The number of halogens is 6. The molecule has 0 spiro atoms. The summed E-state index contributed by atoms with van der Waals surface area (Å²) in [4.78, 5) is 11.0. The third kappa shape index (κ3) is 5.10. The first-order valence-corrected chi connectivity index (χ1v) is 5.49. The van der Waals surface area contributed by atoms with E-state index in [2.05, 4.69) is 4.74 Å². The van der Waals surface area contributed by atoms with E-state index in [4.69, 9.17) is 0 Å². The van der Waals surface area contributed by atoms with Crippen molar-refractivity contribution in [3.8, 4) is 0 Å². The van der Waals surface area contributed by atoms with Crippen molar-refractivity contribution in [2.75, 3.05) is 6.61 Å². The van der Waals surface area contributed by atoms with Crippen LogP contribution in [0.5, 0.6) is 0 Å². The molecule has 0 unspecified atom stereocenters. The molecule has 0 saturated heterocycles. The van der Waals surface area contributed by atoms with Gasteiger partial charge in [-0.05, 0) is 18.4 Å². The first kappa shape index (κ1) is 16.3. The number of hydrogen-bond acceptors (Lipinski definition) is 2. The zero-order chi connectivity index (χ0) is 15.4. The van der Waals surface area contributed by atoms with Crippen molar-refractivity contribution in [3.63, 3.8) is 0 Å². The molecule has 0 amide bonds. The largest absolute Gasteiger partial charge is 0.458 e. The van der Waals surface area contributed by atoms with Crippen LogP contribution in [0.4, 0.5) is 26.3 Å². The van der Waals surface area contributed by atoms with Gasteiger partial charge in [-0.25, -0.2) is 4.79 Å². The predicted octanol–water partition coefficient (Wildman–Crippen LogP) is 3.86. The van der Waals surface area contributed by atoms with Crippen molar-refractivity contribution in [2.24, 2.45) is 0 Å². The number of rotatable bonds is 3. The summed E-state index contributed by atoms with van der Waals surface area (Å²) in [7, 11) is 0. The Bertz CT molecular complexity index is 438. The van der Waals surface area contributed by atoms with Gasteiger partial charge in [-0.2, -0.15) is 26.3 Å². The third-order valence-corrected chi connectivity index (χ3v) is 2.33. The minimum Gasteiger partial charge on any atom is -0.458 e. The Kier molecular flexibility index (Phi) is 5.02. The van der Waals surface area contributed by atoms with Crippen LogP contribution < -0.4 is 0 Å². The second kappa shape index (κ2) is 6.15. The zero-order valence-corrected chi connectivity index (χ0v) is 10.0. The van der Waals surface area contributed by atoms with Gasteiger partial charge in [0.15, 0.2) is 0 Å². The standard InChI is InChI=1S/C12H10F6O2/c13-11(14,15)9(12(16,17)18)6-10(19)20-7-8-4-2-1-3-5-8/h2,4-6H,1,3,7H2. The van der Waals surface area contributed by atoms with Crippen LogP contribution in [0.1, 0.15) is 12.8 Å². The molecule has 0 saturated carbocycles. The van der Waals surface area contributed by atoms with Gasteiger partial charge in [-0.1, -0.05) is 18.2 Å². The number of carbonyl (C=O) groups is 1. The summed E-state index contributed by atoms with van der Waals surface area (Å²) in [5.41, 5.74) is -2.36. The molecule has 1 rings (SSSR count). The van der Waals surface area contributed by atoms with E-state index in [1.807, 2.05) is 0 Å². The number of alkyl halides is 6. The van der Waals surface area contributed by atoms with Gasteiger partial charge in [-0.3, -0.25) is 0 Å². The minimum atomic E-state index is -5.67. The molecule has 0 radical (unpaired) electrons. The summed E-state index contributed by atoms with van der Waals surface area (Å²) in [6.45, 7) is -0.366. The Hall–Kier alpha value is -1.73. The van der Waals surface area contributed by atoms with Crippen LogP contribution >= 0.6 is 0 Å². The van der Waals surface area contributed by atoms with Crippen molar-refractivity contribution < 1.29 is 35.9 Å². The number of allylic oxidation sites excluding steroid dienone is 3. The topological polar surface area (TPSA) is 26.3 Å². The molecule has 1 aliphatic carbocycles. The maximum absolute atomic E-state index is 12.2. The van der Waals surface area contributed by atoms with Gasteiger partial charge in [0.05, 0.1) is 0 Å². The lowest BCUT2D eigenvalue weighted by Crippen LogP contribution is -2.27. The second-order valence-electron chi connectivity index (χ2n) is 3.92. The van der Waals surface area contributed by atoms with Crippen LogP contribution in [-0.4, -0.2) is 24.9 Å². The lowest BCUT2D eigenvalue weighted by molar-refractivity contribution is -0.174. The van der Waals surface area contributed by atoms with Crippen molar-refractivity contribution in [3.05, 3.63) is 35.5 Å². The van der Waals surface area contributed by atoms with Crippen LogP contribution in [0.3, 0.4) is 0 Å². The van der Waals surface area contributed by atoms with Gasteiger partial charge in [0, 0.05) is 6.08 Å². The van der Waals surface area contributed by atoms with Crippen molar-refractivity contribution in [2.45, 2.75) is 25.2 Å². The molecule has 112 valence electrons. The molecule has 1 aliphatic rings. The summed E-state index contributed by atoms with van der Waals surface area (Å²) < 4.78 is 77.3. The molecular weight excluding hydrogens is 290 g/mol. The quantitative estimate of drug-likeness (QED) is 0.449. The Balaban J connectivity index is 2.72. The first-order chi connectivity index (χ1) is 9.10. The average molecular weight is 300 g/mol. The summed E-state index contributed by atoms with van der Waals surface area (Å²) in [5.74, 6) is -1.69. The Morgan fingerprint density at radius 2 is 1.75 bits per heavy atom. The Morgan fingerprint density at radius 1 is 1.15 bits per heavy atom. The van der Waals surface area contributed by atoms with E-state index in [0.29, 0.717) is 12.0 Å². The molecule has 0 atom stereocenters. The van der Waals surface area contributed by atoms with Crippen LogP contribution in [0.2, 0.25) is 0 Å². The minimum absolute atomic E-state index is 0.366. The molecule has 0 aromatic rings. The van der Waals surface area contributed by atoms with Gasteiger partial charge >= 0.3 is 18.3 Å². The monoisotopic (exact) mass is 300 g/mol. The van der Waals surface area contributed by atoms with Crippen molar-refractivity contribution in [1.82, 2.24) is 0 Å². The predicted molar refractivity (Wildman–Crippen MR) is 57.6 cm³/mol. The van der Waals surface area contributed by atoms with E-state index in [9.17, 15) is 31.1 Å². The van der Waals surface area contributed by atoms with Gasteiger partial charge < -0.3 is 4.74 Å². The van der Waals surface area contributed by atoms with Gasteiger partial charge in [0.2, 0.25) is 0 Å². The fourth-order valence-corrected chi connectivity index (χ4v) is 1.41. The smallest absolute Gasteiger partial charge is 0.421 e. The van der Waals surface area contributed by atoms with E-state index in [0.717, 1.165) is 6.42 Å². The highest BCUT2D eigenvalue weighted by Crippen LogP contribution is 2.38. The van der Waals surface area contributed by atoms with Crippen LogP contribution in [0, 0.1) is 0 Å². The molecular formula is C12H10F6O2. The van der Waals surface area contributed by atoms with E-state index in [1.165, 1.54) is 0 Å². The maximum atomic E-state index is 12.2. The van der Waals surface area contributed by atoms with Crippen LogP contribution in [0.25, 0.3) is 0 Å². The normalized spacial score (nSPS) is 15.6. The zero-order valence-electron chi connectivity index (χ0n) is 10.0. The van der Waals surface area contributed by atoms with Crippen LogP contribution in [0.15, 0.2) is 35.5 Å². The van der Waals surface area contributed by atoms with Gasteiger partial charge in [0.25, 0.3) is 0 Å². The fourth-order valence-electron chi connectivity index (χ4n) is 1.41. The molecule has 0 heterocycles. The number of carbonyl (C=O) groups excluding carboxylic acids is 1. The lowest BCUT2D eigenvalue weighted by Gasteiger charge is -2.14. The Morgan fingerprint density at radius 3 is 2.20 bits per heavy atom. The van der Waals surface area contributed by atoms with E-state index >= 15 is 0 Å². The molecule has 20 heavy (non-hydrogen) atoms. The van der Waals surface area contributed by atoms with Gasteiger partial charge in [0.1, 0.15) is 12.2 Å². The molecule has 8 heteroatoms. The van der Waals surface area contributed by atoms with E-state index in [-0.39, 0.29) is 6.61 Å². The number of ether oxygens (including phenoxy) is 1. The Labute approximate surface area is 110 Å². The second-order valence-corrected chi connectivity index (χ2v) is 3.92. The molecule has 0 aliphatic heterocycles. The molecule has 0 fully saturated rings. The van der Waals surface area contributed by atoms with Crippen LogP contribution in [-0.2, 0) is 9.53 Å². The SMILES string of the molecule is O=C(C=C(C(F)(F)F)C(F)(F)F)OCC1=CCCC=C1. The fraction of sp³-hybridized carbons (Fsp3) is 0.417. The van der Waals surface area contributed by atoms with E-state index < -0.39 is 30.0 Å². The highest BCUT2D eigenvalue weighted by molar-refractivity contribution is 5.83. The van der Waals surface area contributed by atoms with Gasteiger partial charge in [-0.15, -0.1) is 0 Å². The van der Waals surface area contributed by atoms with E-state index in [1.54, 1.807) is 18.2 Å². The summed E-state index contributed by atoms with van der Waals surface area (Å²) in [6, 6.07) is 0. The molecule has 0 aromatic carbocycles. The van der Waals surface area contributed by atoms with Crippen molar-refractivity contribution >= 4 is 5.97 Å². The molecule has 0 aromatic heterocycles. The molecule has 2 nitrogen and oxygen atoms in total. The third-order valence-electron chi connectivity index (χ3n) is 2.33. The molecule has 0 N–H and O–H groups in total. The summed E-state index contributed by atoms with van der Waals surface area (Å²) >= 11 is 0. The summed E-state index contributed by atoms with van der Waals surface area (Å²) in [5, 5.41) is 0. The maximum Gasteiger partial charge on any atom is 0.421 e.